The van der Waals surface area contributed by atoms with Crippen molar-refractivity contribution in [1.82, 2.24) is 0 Å². The Labute approximate surface area is 98.0 Å². The van der Waals surface area contributed by atoms with Gasteiger partial charge < -0.3 is 10.8 Å². The fourth-order valence-corrected chi connectivity index (χ4v) is 1.57. The normalized spacial score (nSPS) is 14.5. The molecule has 0 fully saturated rings. The molecule has 1 aromatic rings. The van der Waals surface area contributed by atoms with Gasteiger partial charge in [-0.2, -0.15) is 0 Å². The minimum Gasteiger partial charge on any atom is -0.480 e. The summed E-state index contributed by atoms with van der Waals surface area (Å²) in [5, 5.41) is 8.99. The Morgan fingerprint density at radius 2 is 2.25 bits per heavy atom. The first-order chi connectivity index (χ1) is 7.41. The minimum absolute atomic E-state index is 0.134. The second-order valence-electron chi connectivity index (χ2n) is 3.62. The maximum Gasteiger partial charge on any atom is 0.320 e. The molecule has 16 heavy (non-hydrogen) atoms. The summed E-state index contributed by atoms with van der Waals surface area (Å²) in [7, 11) is 0. The maximum atomic E-state index is 13.0. The van der Waals surface area contributed by atoms with Gasteiger partial charge in [0.2, 0.25) is 0 Å². The molecule has 5 heteroatoms. The van der Waals surface area contributed by atoms with Crippen LogP contribution in [0.25, 0.3) is 0 Å². The lowest BCUT2D eigenvalue weighted by Gasteiger charge is -2.10. The number of alkyl halides is 1. The number of halogens is 2. The van der Waals surface area contributed by atoms with Crippen molar-refractivity contribution >= 4 is 17.6 Å². The van der Waals surface area contributed by atoms with E-state index in [1.165, 1.54) is 13.0 Å². The lowest BCUT2D eigenvalue weighted by molar-refractivity contribution is -0.138. The van der Waals surface area contributed by atoms with Gasteiger partial charge in [-0.05, 0) is 30.5 Å². The van der Waals surface area contributed by atoms with Crippen molar-refractivity contribution in [3.8, 4) is 0 Å². The minimum atomic E-state index is -1.10. The first-order valence-electron chi connectivity index (χ1n) is 4.82. The quantitative estimate of drug-likeness (QED) is 0.856. The van der Waals surface area contributed by atoms with Crippen molar-refractivity contribution in [1.29, 1.82) is 0 Å². The predicted octanol–water partition coefficient (Wildman–Crippen LogP) is 2.32. The van der Waals surface area contributed by atoms with Crippen molar-refractivity contribution in [2.45, 2.75) is 25.6 Å². The molecule has 3 N–H and O–H groups in total. The van der Waals surface area contributed by atoms with Crippen LogP contribution in [0.4, 0.5) is 4.39 Å². The maximum absolute atomic E-state index is 13.0. The Bertz CT molecular complexity index is 396. The van der Waals surface area contributed by atoms with Gasteiger partial charge in [0.05, 0.1) is 0 Å². The van der Waals surface area contributed by atoms with E-state index in [0.717, 1.165) is 0 Å². The number of hydrogen-bond donors (Lipinski definition) is 2. The van der Waals surface area contributed by atoms with Gasteiger partial charge in [-0.25, -0.2) is 4.39 Å². The summed E-state index contributed by atoms with van der Waals surface area (Å²) in [6.45, 7) is 1.41. The Balaban J connectivity index is 2.87. The summed E-state index contributed by atoms with van der Waals surface area (Å²) in [5.41, 5.74) is 6.47. The van der Waals surface area contributed by atoms with Crippen LogP contribution in [0.1, 0.15) is 24.2 Å². The van der Waals surface area contributed by atoms with Gasteiger partial charge in [-0.3, -0.25) is 4.79 Å². The monoisotopic (exact) mass is 245 g/mol. The topological polar surface area (TPSA) is 63.3 Å². The van der Waals surface area contributed by atoms with Gasteiger partial charge in [-0.15, -0.1) is 0 Å². The molecular formula is C11H13ClFNO2. The number of aliphatic carboxylic acids is 1. The van der Waals surface area contributed by atoms with E-state index in [0.29, 0.717) is 16.1 Å². The molecule has 2 unspecified atom stereocenters. The summed E-state index contributed by atoms with van der Waals surface area (Å²) >= 11 is 5.91. The summed E-state index contributed by atoms with van der Waals surface area (Å²) < 4.78 is 13.0. The Morgan fingerprint density at radius 3 is 2.69 bits per heavy atom. The van der Waals surface area contributed by atoms with Gasteiger partial charge in [-0.1, -0.05) is 23.7 Å². The molecule has 1 rings (SSSR count). The van der Waals surface area contributed by atoms with E-state index in [4.69, 9.17) is 22.4 Å². The first-order valence-corrected chi connectivity index (χ1v) is 5.20. The van der Waals surface area contributed by atoms with Crippen LogP contribution < -0.4 is 5.73 Å². The fourth-order valence-electron chi connectivity index (χ4n) is 1.30. The van der Waals surface area contributed by atoms with Crippen molar-refractivity contribution in [2.75, 3.05) is 0 Å². The third-order valence-corrected chi connectivity index (χ3v) is 2.65. The van der Waals surface area contributed by atoms with E-state index in [1.807, 2.05) is 0 Å². The Morgan fingerprint density at radius 1 is 1.62 bits per heavy atom. The Hall–Kier alpha value is -1.13. The second kappa shape index (κ2) is 5.27. The third-order valence-electron chi connectivity index (χ3n) is 2.29. The number of carboxylic acid groups (broad SMARTS) is 1. The summed E-state index contributed by atoms with van der Waals surface area (Å²) in [6, 6.07) is 3.69. The zero-order chi connectivity index (χ0) is 12.3. The van der Waals surface area contributed by atoms with Crippen molar-refractivity contribution < 1.29 is 14.3 Å². The van der Waals surface area contributed by atoms with Gasteiger partial charge in [0, 0.05) is 5.02 Å². The summed E-state index contributed by atoms with van der Waals surface area (Å²) in [5.74, 6) is -1.08. The average Bonchev–Trinajstić information content (AvgIpc) is 2.20. The zero-order valence-electron chi connectivity index (χ0n) is 8.78. The highest BCUT2D eigenvalue weighted by molar-refractivity contribution is 6.31. The number of nitrogens with two attached hydrogens (primary N) is 1. The zero-order valence-corrected chi connectivity index (χ0v) is 9.54. The number of hydrogen-bond acceptors (Lipinski definition) is 2. The van der Waals surface area contributed by atoms with Crippen LogP contribution in [0.15, 0.2) is 18.2 Å². The molecule has 0 aromatic heterocycles. The highest BCUT2D eigenvalue weighted by Gasteiger charge is 2.15. The molecule has 0 heterocycles. The van der Waals surface area contributed by atoms with E-state index in [-0.39, 0.29) is 6.42 Å². The van der Waals surface area contributed by atoms with Crippen molar-refractivity contribution in [3.63, 3.8) is 0 Å². The molecule has 0 radical (unpaired) electrons. The van der Waals surface area contributed by atoms with Crippen LogP contribution in [0, 0.1) is 0 Å². The fraction of sp³-hybridized carbons (Fsp3) is 0.364. The molecule has 3 nitrogen and oxygen atoms in total. The largest absolute Gasteiger partial charge is 0.480 e. The molecule has 1 aromatic carbocycles. The standard InChI is InChI=1S/C11H13ClFNO2/c1-6(13)7-2-3-8(9(12)4-7)5-10(14)11(15)16/h2-4,6,10H,5,14H2,1H3,(H,15,16). The van der Waals surface area contributed by atoms with E-state index in [9.17, 15) is 9.18 Å². The second-order valence-corrected chi connectivity index (χ2v) is 4.02. The number of carbonyl (C=O) groups is 1. The molecule has 88 valence electrons. The number of carboxylic acids is 1. The van der Waals surface area contributed by atoms with Crippen LogP contribution in [-0.4, -0.2) is 17.1 Å². The van der Waals surface area contributed by atoms with E-state index in [2.05, 4.69) is 0 Å². The molecule has 0 aliphatic carbocycles. The molecule has 0 bridgehead atoms. The van der Waals surface area contributed by atoms with Crippen LogP contribution in [0.3, 0.4) is 0 Å². The van der Waals surface area contributed by atoms with Crippen LogP contribution in [-0.2, 0) is 11.2 Å². The predicted molar refractivity (Wildman–Crippen MR) is 60.3 cm³/mol. The molecule has 0 spiro atoms. The molecule has 0 saturated heterocycles. The van der Waals surface area contributed by atoms with E-state index >= 15 is 0 Å². The SMILES string of the molecule is CC(F)c1ccc(CC(N)C(=O)O)c(Cl)c1. The lowest BCUT2D eigenvalue weighted by Crippen LogP contribution is -2.32. The van der Waals surface area contributed by atoms with Crippen molar-refractivity contribution in [2.24, 2.45) is 5.73 Å². The molecular weight excluding hydrogens is 233 g/mol. The van der Waals surface area contributed by atoms with Crippen molar-refractivity contribution in [3.05, 3.63) is 34.3 Å². The lowest BCUT2D eigenvalue weighted by atomic mass is 10.0. The molecule has 2 atom stereocenters. The highest BCUT2D eigenvalue weighted by atomic mass is 35.5. The first kappa shape index (κ1) is 12.9. The van der Waals surface area contributed by atoms with Gasteiger partial charge >= 0.3 is 5.97 Å². The summed E-state index contributed by atoms with van der Waals surface area (Å²) in [4.78, 5) is 10.6. The number of benzene rings is 1. The highest BCUT2D eigenvalue weighted by Crippen LogP contribution is 2.24. The number of rotatable bonds is 4. The van der Waals surface area contributed by atoms with Gasteiger partial charge in [0.25, 0.3) is 0 Å². The van der Waals surface area contributed by atoms with Gasteiger partial charge in [0.1, 0.15) is 12.2 Å². The third kappa shape index (κ3) is 3.18. The average molecular weight is 246 g/mol. The van der Waals surface area contributed by atoms with E-state index in [1.54, 1.807) is 12.1 Å². The molecule has 0 aliphatic rings. The smallest absolute Gasteiger partial charge is 0.320 e. The van der Waals surface area contributed by atoms with Gasteiger partial charge in [0.15, 0.2) is 0 Å². The molecule has 0 aliphatic heterocycles. The summed E-state index contributed by atoms with van der Waals surface area (Å²) in [6.07, 6.45) is -0.963. The van der Waals surface area contributed by atoms with Crippen LogP contribution in [0.2, 0.25) is 5.02 Å². The Kier molecular flexibility index (Phi) is 4.26. The molecule has 0 amide bonds. The van der Waals surface area contributed by atoms with E-state index < -0.39 is 18.2 Å². The molecule has 0 saturated carbocycles. The van der Waals surface area contributed by atoms with Crippen LogP contribution in [0.5, 0.6) is 0 Å². The van der Waals surface area contributed by atoms with Crippen LogP contribution >= 0.6 is 11.6 Å².